The quantitative estimate of drug-likeness (QED) is 0.378. The summed E-state index contributed by atoms with van der Waals surface area (Å²) in [4.78, 5) is 20.3. The molecule has 0 saturated carbocycles. The van der Waals surface area contributed by atoms with E-state index in [4.69, 9.17) is 5.21 Å². The molecular formula is C23H27N5O4S2. The van der Waals surface area contributed by atoms with Crippen molar-refractivity contribution >= 4 is 32.4 Å². The number of aromatic nitrogens is 1. The van der Waals surface area contributed by atoms with Crippen LogP contribution in [0.5, 0.6) is 0 Å². The van der Waals surface area contributed by atoms with E-state index in [1.807, 2.05) is 31.1 Å². The molecule has 0 spiro atoms. The van der Waals surface area contributed by atoms with E-state index >= 15 is 0 Å². The van der Waals surface area contributed by atoms with Gasteiger partial charge in [-0.15, -0.1) is 0 Å². The summed E-state index contributed by atoms with van der Waals surface area (Å²) in [6.45, 7) is 2.43. The predicted molar refractivity (Wildman–Crippen MR) is 132 cm³/mol. The lowest BCUT2D eigenvalue weighted by Crippen LogP contribution is -2.48. The zero-order chi connectivity index (χ0) is 24.3. The Labute approximate surface area is 203 Å². The molecule has 1 saturated heterocycles. The molecule has 1 aromatic heterocycles. The number of hydrogen-bond donors (Lipinski definition) is 2. The number of amides is 1. The Morgan fingerprint density at radius 3 is 2.18 bits per heavy atom. The minimum atomic E-state index is -3.61. The number of nitrogens with zero attached hydrogens (tertiary/aromatic N) is 4. The number of hydrogen-bond acceptors (Lipinski definition) is 8. The number of anilines is 1. The van der Waals surface area contributed by atoms with Crippen LogP contribution in [0.25, 0.3) is 11.1 Å². The Hall–Kier alpha value is -2.83. The maximum Gasteiger partial charge on any atom is 0.286 e. The average Bonchev–Trinajstić information content (AvgIpc) is 3.34. The molecule has 0 radical (unpaired) electrons. The van der Waals surface area contributed by atoms with E-state index in [1.54, 1.807) is 17.6 Å². The van der Waals surface area contributed by atoms with Crippen molar-refractivity contribution in [2.45, 2.75) is 11.4 Å². The molecule has 1 fully saturated rings. The molecule has 1 aliphatic heterocycles. The molecule has 4 rings (SSSR count). The first-order valence-corrected chi connectivity index (χ1v) is 13.0. The number of carbonyl (C=O) groups is 1. The Morgan fingerprint density at radius 2 is 1.62 bits per heavy atom. The average molecular weight is 502 g/mol. The molecule has 34 heavy (non-hydrogen) atoms. The molecule has 180 valence electrons. The van der Waals surface area contributed by atoms with E-state index in [1.165, 1.54) is 16.1 Å². The maximum atomic E-state index is 13.2. The van der Waals surface area contributed by atoms with Gasteiger partial charge in [0.15, 0.2) is 5.13 Å². The third kappa shape index (κ3) is 5.29. The van der Waals surface area contributed by atoms with Crippen LogP contribution >= 0.6 is 11.3 Å². The Bertz CT molecular complexity index is 1230. The van der Waals surface area contributed by atoms with E-state index in [0.29, 0.717) is 36.2 Å². The highest BCUT2D eigenvalue weighted by atomic mass is 32.2. The van der Waals surface area contributed by atoms with Gasteiger partial charge in [-0.25, -0.2) is 18.9 Å². The van der Waals surface area contributed by atoms with Gasteiger partial charge in [-0.2, -0.15) is 4.31 Å². The standard InChI is InChI=1S/C23H27N5O4S2/c1-26(2)16-17-3-5-18(6-4-17)19-7-9-20(10-8-19)34(31,32)28-13-11-27(12-14-28)23-24-15-21(33-23)22(29)25-30/h3-10,15,30H,11-14,16H2,1-2H3,(H,25,29). The molecule has 2 heterocycles. The molecule has 0 unspecified atom stereocenters. The number of benzene rings is 2. The molecular weight excluding hydrogens is 474 g/mol. The summed E-state index contributed by atoms with van der Waals surface area (Å²) >= 11 is 1.15. The van der Waals surface area contributed by atoms with Gasteiger partial charge in [0.05, 0.1) is 11.1 Å². The first-order valence-electron chi connectivity index (χ1n) is 10.8. The van der Waals surface area contributed by atoms with Gasteiger partial charge >= 0.3 is 0 Å². The molecule has 0 bridgehead atoms. The minimum absolute atomic E-state index is 0.269. The van der Waals surface area contributed by atoms with Crippen LogP contribution in [0.15, 0.2) is 59.6 Å². The van der Waals surface area contributed by atoms with E-state index in [9.17, 15) is 13.2 Å². The molecule has 3 aromatic rings. The van der Waals surface area contributed by atoms with Crippen molar-refractivity contribution in [3.63, 3.8) is 0 Å². The van der Waals surface area contributed by atoms with Crippen molar-refractivity contribution in [1.29, 1.82) is 0 Å². The molecule has 1 amide bonds. The topological polar surface area (TPSA) is 106 Å². The molecule has 1 aliphatic rings. The predicted octanol–water partition coefficient (Wildman–Crippen LogP) is 2.50. The highest BCUT2D eigenvalue weighted by molar-refractivity contribution is 7.89. The van der Waals surface area contributed by atoms with Crippen LogP contribution in [0.2, 0.25) is 0 Å². The molecule has 0 aliphatic carbocycles. The van der Waals surface area contributed by atoms with Crippen LogP contribution in [0.4, 0.5) is 5.13 Å². The van der Waals surface area contributed by atoms with Gasteiger partial charge in [0.1, 0.15) is 4.88 Å². The smallest absolute Gasteiger partial charge is 0.286 e. The van der Waals surface area contributed by atoms with Crippen LogP contribution < -0.4 is 10.4 Å². The SMILES string of the molecule is CN(C)Cc1ccc(-c2ccc(S(=O)(=O)N3CCN(c4ncc(C(=O)NO)s4)CC3)cc2)cc1. The van der Waals surface area contributed by atoms with Crippen LogP contribution in [-0.2, 0) is 16.6 Å². The van der Waals surface area contributed by atoms with Crippen LogP contribution in [0, 0.1) is 0 Å². The number of hydroxylamine groups is 1. The van der Waals surface area contributed by atoms with Crippen molar-refractivity contribution in [1.82, 2.24) is 19.7 Å². The summed E-state index contributed by atoms with van der Waals surface area (Å²) < 4.78 is 27.8. The second-order valence-electron chi connectivity index (χ2n) is 8.30. The Balaban J connectivity index is 1.40. The maximum absolute atomic E-state index is 13.2. The molecule has 9 nitrogen and oxygen atoms in total. The lowest BCUT2D eigenvalue weighted by molar-refractivity contribution is 0.0710. The summed E-state index contributed by atoms with van der Waals surface area (Å²) in [5.41, 5.74) is 4.81. The monoisotopic (exact) mass is 501 g/mol. The van der Waals surface area contributed by atoms with Crippen molar-refractivity contribution in [2.24, 2.45) is 0 Å². The Morgan fingerprint density at radius 1 is 1.03 bits per heavy atom. The Kier molecular flexibility index (Phi) is 7.29. The zero-order valence-corrected chi connectivity index (χ0v) is 20.6. The molecule has 2 N–H and O–H groups in total. The lowest BCUT2D eigenvalue weighted by atomic mass is 10.0. The van der Waals surface area contributed by atoms with Gasteiger partial charge in [0.2, 0.25) is 10.0 Å². The van der Waals surface area contributed by atoms with E-state index < -0.39 is 15.9 Å². The summed E-state index contributed by atoms with van der Waals surface area (Å²) in [6.07, 6.45) is 1.39. The summed E-state index contributed by atoms with van der Waals surface area (Å²) in [6, 6.07) is 15.3. The number of sulfonamides is 1. The number of nitrogens with one attached hydrogen (secondary N) is 1. The van der Waals surface area contributed by atoms with Crippen LogP contribution in [-0.4, -0.2) is 74.0 Å². The van der Waals surface area contributed by atoms with Crippen LogP contribution in [0.3, 0.4) is 0 Å². The largest absolute Gasteiger partial charge is 0.345 e. The third-order valence-electron chi connectivity index (χ3n) is 5.61. The van der Waals surface area contributed by atoms with Gasteiger partial charge in [-0.1, -0.05) is 47.7 Å². The van der Waals surface area contributed by atoms with E-state index in [0.717, 1.165) is 29.0 Å². The lowest BCUT2D eigenvalue weighted by Gasteiger charge is -2.33. The number of thiazole rings is 1. The van der Waals surface area contributed by atoms with Crippen LogP contribution in [0.1, 0.15) is 15.2 Å². The van der Waals surface area contributed by atoms with Crippen molar-refractivity contribution in [3.8, 4) is 11.1 Å². The van der Waals surface area contributed by atoms with Gasteiger partial charge in [0.25, 0.3) is 5.91 Å². The molecule has 11 heteroatoms. The van der Waals surface area contributed by atoms with Gasteiger partial charge in [-0.3, -0.25) is 10.0 Å². The molecule has 0 atom stereocenters. The summed E-state index contributed by atoms with van der Waals surface area (Å²) in [5.74, 6) is -0.613. The van der Waals surface area contributed by atoms with Crippen molar-refractivity contribution < 1.29 is 18.4 Å². The third-order valence-corrected chi connectivity index (χ3v) is 8.58. The molecule has 2 aromatic carbocycles. The van der Waals surface area contributed by atoms with Gasteiger partial charge in [-0.05, 0) is 42.9 Å². The minimum Gasteiger partial charge on any atom is -0.345 e. The number of rotatable bonds is 7. The fourth-order valence-electron chi connectivity index (χ4n) is 3.83. The van der Waals surface area contributed by atoms with E-state index in [2.05, 4.69) is 34.1 Å². The van der Waals surface area contributed by atoms with Crippen molar-refractivity contribution in [2.75, 3.05) is 45.2 Å². The van der Waals surface area contributed by atoms with Crippen molar-refractivity contribution in [3.05, 3.63) is 65.2 Å². The van der Waals surface area contributed by atoms with E-state index in [-0.39, 0.29) is 4.90 Å². The number of piperazine rings is 1. The summed E-state index contributed by atoms with van der Waals surface area (Å²) in [5, 5.41) is 9.37. The zero-order valence-electron chi connectivity index (χ0n) is 19.0. The number of carbonyl (C=O) groups excluding carboxylic acids is 1. The second-order valence-corrected chi connectivity index (χ2v) is 11.2. The fraction of sp³-hybridized carbons (Fsp3) is 0.304. The second kappa shape index (κ2) is 10.2. The van der Waals surface area contributed by atoms with Gasteiger partial charge < -0.3 is 9.80 Å². The summed E-state index contributed by atoms with van der Waals surface area (Å²) in [7, 11) is 0.445. The fourth-order valence-corrected chi connectivity index (χ4v) is 6.11. The first kappa shape index (κ1) is 24.3. The highest BCUT2D eigenvalue weighted by Gasteiger charge is 2.29. The first-order chi connectivity index (χ1) is 16.3. The highest BCUT2D eigenvalue weighted by Crippen LogP contribution is 2.27. The van der Waals surface area contributed by atoms with Gasteiger partial charge in [0, 0.05) is 32.7 Å². The normalized spacial score (nSPS) is 15.0.